The molecular weight excluding hydrogens is 511 g/mol. The molecule has 2 saturated heterocycles. The van der Waals surface area contributed by atoms with Crippen LogP contribution in [0.15, 0.2) is 35.5 Å². The van der Waals surface area contributed by atoms with Crippen LogP contribution in [0, 0.1) is 5.82 Å². The number of piperidine rings is 2. The third kappa shape index (κ3) is 4.93. The smallest absolute Gasteiger partial charge is 0.251 e. The van der Waals surface area contributed by atoms with E-state index < -0.39 is 38.9 Å². The number of halogens is 1. The van der Waals surface area contributed by atoms with Gasteiger partial charge in [0.25, 0.3) is 5.91 Å². The van der Waals surface area contributed by atoms with Crippen LogP contribution >= 0.6 is 0 Å². The second-order valence-corrected chi connectivity index (χ2v) is 12.4. The van der Waals surface area contributed by atoms with E-state index in [-0.39, 0.29) is 29.0 Å². The highest BCUT2D eigenvalue weighted by atomic mass is 32.2. The number of sulfone groups is 1. The predicted molar refractivity (Wildman–Crippen MR) is 141 cm³/mol. The van der Waals surface area contributed by atoms with Gasteiger partial charge in [-0.15, -0.1) is 0 Å². The molecule has 12 heteroatoms. The lowest BCUT2D eigenvalue weighted by molar-refractivity contribution is -0.143. The second kappa shape index (κ2) is 10.8. The Morgan fingerprint density at radius 2 is 1.66 bits per heavy atom. The van der Waals surface area contributed by atoms with Crippen LogP contribution in [0.2, 0.25) is 0 Å². The van der Waals surface area contributed by atoms with Crippen molar-refractivity contribution in [3.8, 4) is 0 Å². The Balaban J connectivity index is 1.35. The van der Waals surface area contributed by atoms with Gasteiger partial charge in [-0.3, -0.25) is 14.5 Å². The predicted octanol–water partition coefficient (Wildman–Crippen LogP) is 2.90. The molecule has 2 aromatic rings. The number of hydrogen-bond donors (Lipinski definition) is 2. The number of carbonyl (C=O) groups is 2. The third-order valence-electron chi connectivity index (χ3n) is 7.83. The van der Waals surface area contributed by atoms with Gasteiger partial charge in [-0.25, -0.2) is 18.4 Å². The first-order valence-electron chi connectivity index (χ1n) is 13.3. The van der Waals surface area contributed by atoms with Crippen LogP contribution < -0.4 is 16.0 Å². The van der Waals surface area contributed by atoms with E-state index in [4.69, 9.17) is 5.73 Å². The molecule has 3 heterocycles. The van der Waals surface area contributed by atoms with E-state index in [2.05, 4.69) is 15.3 Å². The van der Waals surface area contributed by atoms with Gasteiger partial charge in [-0.2, -0.15) is 4.39 Å². The summed E-state index contributed by atoms with van der Waals surface area (Å²) in [4.78, 5) is 37.6. The Hall–Kier alpha value is -3.28. The number of benzene rings is 1. The van der Waals surface area contributed by atoms with E-state index >= 15 is 0 Å². The fourth-order valence-corrected chi connectivity index (χ4v) is 7.85. The Morgan fingerprint density at radius 1 is 0.921 bits per heavy atom. The van der Waals surface area contributed by atoms with Gasteiger partial charge in [0.2, 0.25) is 11.7 Å². The Labute approximate surface area is 221 Å². The summed E-state index contributed by atoms with van der Waals surface area (Å²) in [6.07, 6.45) is 7.39. The summed E-state index contributed by atoms with van der Waals surface area (Å²) >= 11 is 0. The zero-order valence-corrected chi connectivity index (χ0v) is 22.0. The zero-order chi connectivity index (χ0) is 26.9. The number of likely N-dealkylation sites (tertiary alicyclic amines) is 1. The van der Waals surface area contributed by atoms with Crippen LogP contribution in [0.25, 0.3) is 0 Å². The first kappa shape index (κ1) is 26.3. The summed E-state index contributed by atoms with van der Waals surface area (Å²) in [6.45, 7) is 0.649. The fourth-order valence-electron chi connectivity index (χ4n) is 5.84. The topological polar surface area (TPSA) is 139 Å². The van der Waals surface area contributed by atoms with Gasteiger partial charge in [0.1, 0.15) is 18.4 Å². The molecule has 3 fully saturated rings. The maximum Gasteiger partial charge on any atom is 0.251 e. The molecule has 0 spiro atoms. The molecule has 204 valence electrons. The summed E-state index contributed by atoms with van der Waals surface area (Å²) < 4.78 is 41.5. The van der Waals surface area contributed by atoms with Crippen molar-refractivity contribution in [2.45, 2.75) is 80.0 Å². The molecule has 2 aliphatic heterocycles. The lowest BCUT2D eigenvalue weighted by atomic mass is 9.97. The zero-order valence-electron chi connectivity index (χ0n) is 21.2. The van der Waals surface area contributed by atoms with E-state index in [0.29, 0.717) is 50.8 Å². The minimum atomic E-state index is -3.56. The number of nitrogen functional groups attached to an aromatic ring is 1. The molecule has 1 saturated carbocycles. The fraction of sp³-hybridized carbons (Fsp3) is 0.538. The average Bonchev–Trinajstić information content (AvgIpc) is 2.93. The lowest BCUT2D eigenvalue weighted by Crippen LogP contribution is -2.59. The van der Waals surface area contributed by atoms with E-state index in [9.17, 15) is 22.4 Å². The van der Waals surface area contributed by atoms with Crippen LogP contribution in [0.4, 0.5) is 21.7 Å². The molecule has 1 aromatic carbocycles. The number of amides is 2. The van der Waals surface area contributed by atoms with Crippen LogP contribution in [-0.4, -0.2) is 65.5 Å². The van der Waals surface area contributed by atoms with Crippen LogP contribution in [0.1, 0.15) is 57.8 Å². The molecule has 2 amide bonds. The molecule has 1 aromatic heterocycles. The van der Waals surface area contributed by atoms with E-state index in [1.165, 1.54) is 9.80 Å². The number of hydrogen-bond acceptors (Lipinski definition) is 8. The number of aromatic nitrogens is 2. The second-order valence-electron chi connectivity index (χ2n) is 10.2. The molecule has 2 atom stereocenters. The van der Waals surface area contributed by atoms with Crippen molar-refractivity contribution < 1.29 is 22.4 Å². The molecular formula is C26H33FN6O4S. The number of anilines is 3. The SMILES string of the molecule is Nc1ncnc(N2CCC[C@@H](N3CCCC(Nc4ccccc4S(=O)(=O)C4CCCCC4)C3=O)C2=O)c1F. The minimum Gasteiger partial charge on any atom is -0.381 e. The standard InChI is InChI=1S/C26H33FN6O4S/c27-22-23(28)29-16-30-24(22)33-15-7-12-20(26(33)35)32-14-6-11-19(25(32)34)31-18-10-4-5-13-21(18)38(36,37)17-8-2-1-3-9-17/h4-5,10,13,16-17,19-20,31H,1-3,6-9,11-12,14-15H2,(H2,28,29,30)/t19?,20-/m1/s1. The highest BCUT2D eigenvalue weighted by Gasteiger charge is 2.42. The Kier molecular flexibility index (Phi) is 7.51. The van der Waals surface area contributed by atoms with Crippen molar-refractivity contribution in [1.82, 2.24) is 14.9 Å². The number of nitrogens with two attached hydrogens (primary N) is 1. The maximum atomic E-state index is 14.6. The van der Waals surface area contributed by atoms with E-state index in [0.717, 1.165) is 25.6 Å². The molecule has 1 aliphatic carbocycles. The van der Waals surface area contributed by atoms with E-state index in [1.54, 1.807) is 24.3 Å². The largest absolute Gasteiger partial charge is 0.381 e. The summed E-state index contributed by atoms with van der Waals surface area (Å²) in [6, 6.07) is 5.29. The van der Waals surface area contributed by atoms with Crippen molar-refractivity contribution in [3.05, 3.63) is 36.4 Å². The number of rotatable bonds is 6. The lowest BCUT2D eigenvalue weighted by Gasteiger charge is -2.42. The van der Waals surface area contributed by atoms with Gasteiger partial charge < -0.3 is 16.0 Å². The van der Waals surface area contributed by atoms with Crippen LogP contribution in [0.5, 0.6) is 0 Å². The van der Waals surface area contributed by atoms with E-state index in [1.807, 2.05) is 0 Å². The Morgan fingerprint density at radius 3 is 2.45 bits per heavy atom. The van der Waals surface area contributed by atoms with Gasteiger partial charge >= 0.3 is 0 Å². The normalized spacial score (nSPS) is 23.5. The highest BCUT2D eigenvalue weighted by molar-refractivity contribution is 7.92. The van der Waals surface area contributed by atoms with Gasteiger partial charge in [0, 0.05) is 13.1 Å². The number of nitrogens with zero attached hydrogens (tertiary/aromatic N) is 4. The Bertz CT molecular complexity index is 1320. The highest BCUT2D eigenvalue weighted by Crippen LogP contribution is 2.34. The van der Waals surface area contributed by atoms with Gasteiger partial charge in [-0.1, -0.05) is 31.4 Å². The van der Waals surface area contributed by atoms with Crippen LogP contribution in [-0.2, 0) is 19.4 Å². The van der Waals surface area contributed by atoms with Gasteiger partial charge in [0.05, 0.1) is 15.8 Å². The number of para-hydroxylation sites is 1. The van der Waals surface area contributed by atoms with Gasteiger partial charge in [-0.05, 0) is 50.7 Å². The molecule has 1 unspecified atom stereocenters. The quantitative estimate of drug-likeness (QED) is 0.566. The van der Waals surface area contributed by atoms with Crippen molar-refractivity contribution in [2.75, 3.05) is 29.0 Å². The van der Waals surface area contributed by atoms with Crippen molar-refractivity contribution in [1.29, 1.82) is 0 Å². The van der Waals surface area contributed by atoms with Crippen LogP contribution in [0.3, 0.4) is 0 Å². The monoisotopic (exact) mass is 544 g/mol. The van der Waals surface area contributed by atoms with Crippen molar-refractivity contribution in [2.24, 2.45) is 0 Å². The molecule has 3 aliphatic rings. The average molecular weight is 545 g/mol. The molecule has 0 radical (unpaired) electrons. The summed E-state index contributed by atoms with van der Waals surface area (Å²) in [5.74, 6) is -2.08. The minimum absolute atomic E-state index is 0.187. The van der Waals surface area contributed by atoms with Gasteiger partial charge in [0.15, 0.2) is 21.5 Å². The molecule has 38 heavy (non-hydrogen) atoms. The first-order chi connectivity index (χ1) is 18.3. The summed E-state index contributed by atoms with van der Waals surface area (Å²) in [5.41, 5.74) is 5.98. The number of nitrogens with one attached hydrogen (secondary N) is 1. The number of carbonyl (C=O) groups excluding carboxylic acids is 2. The third-order valence-corrected chi connectivity index (χ3v) is 10.1. The summed E-state index contributed by atoms with van der Waals surface area (Å²) in [5, 5.41) is 2.78. The maximum absolute atomic E-state index is 14.6. The molecule has 0 bridgehead atoms. The molecule has 10 nitrogen and oxygen atoms in total. The summed E-state index contributed by atoms with van der Waals surface area (Å²) in [7, 11) is -3.56. The molecule has 5 rings (SSSR count). The van der Waals surface area contributed by atoms with Crippen molar-refractivity contribution in [3.63, 3.8) is 0 Å². The van der Waals surface area contributed by atoms with Crippen molar-refractivity contribution >= 4 is 39.0 Å². The first-order valence-corrected chi connectivity index (χ1v) is 14.8. The molecule has 3 N–H and O–H groups in total.